The molecule has 0 saturated heterocycles. The Morgan fingerprint density at radius 2 is 2.12 bits per heavy atom. The van der Waals surface area contributed by atoms with Crippen molar-refractivity contribution in [2.75, 3.05) is 18.5 Å². The van der Waals surface area contributed by atoms with Gasteiger partial charge >= 0.3 is 6.18 Å². The molecule has 2 nitrogen and oxygen atoms in total. The van der Waals surface area contributed by atoms with E-state index in [1.807, 2.05) is 0 Å². The van der Waals surface area contributed by atoms with Gasteiger partial charge in [-0.05, 0) is 30.2 Å². The van der Waals surface area contributed by atoms with Crippen molar-refractivity contribution in [3.63, 3.8) is 0 Å². The zero-order valence-corrected chi connectivity index (χ0v) is 8.51. The summed E-state index contributed by atoms with van der Waals surface area (Å²) >= 11 is 0. The summed E-state index contributed by atoms with van der Waals surface area (Å²) in [6.45, 7) is 0.595. The second-order valence-electron chi connectivity index (χ2n) is 4.00. The van der Waals surface area contributed by atoms with E-state index < -0.39 is 11.7 Å². The molecule has 0 unspecified atom stereocenters. The van der Waals surface area contributed by atoms with E-state index in [2.05, 4.69) is 5.32 Å². The summed E-state index contributed by atoms with van der Waals surface area (Å²) < 4.78 is 37.4. The van der Waals surface area contributed by atoms with E-state index in [4.69, 9.17) is 5.11 Å². The number of aliphatic hydroxyl groups is 1. The molecule has 0 radical (unpaired) electrons. The van der Waals surface area contributed by atoms with Crippen molar-refractivity contribution >= 4 is 5.69 Å². The van der Waals surface area contributed by atoms with Gasteiger partial charge in [-0.3, -0.25) is 0 Å². The van der Waals surface area contributed by atoms with Gasteiger partial charge in [0, 0.05) is 24.8 Å². The molecule has 0 amide bonds. The lowest BCUT2D eigenvalue weighted by molar-refractivity contribution is -0.137. The van der Waals surface area contributed by atoms with Crippen LogP contribution in [-0.2, 0) is 12.6 Å². The summed E-state index contributed by atoms with van der Waals surface area (Å²) in [5.74, 6) is -0.00372. The van der Waals surface area contributed by atoms with Crippen molar-refractivity contribution in [3.05, 3.63) is 29.3 Å². The lowest BCUT2D eigenvalue weighted by Gasteiger charge is -2.25. The van der Waals surface area contributed by atoms with Crippen LogP contribution >= 0.6 is 0 Å². The van der Waals surface area contributed by atoms with Gasteiger partial charge in [0.2, 0.25) is 0 Å². The standard InChI is InChI=1S/C11H12F3NO/c12-11(13,14)9-1-2-10-8(4-9)3-7(6-16)5-15-10/h1-2,4,7,15-16H,3,5-6H2/t7-/m1/s1. The van der Waals surface area contributed by atoms with Crippen LogP contribution in [0.5, 0.6) is 0 Å². The quantitative estimate of drug-likeness (QED) is 0.777. The number of fused-ring (bicyclic) bond motifs is 1. The normalized spacial score (nSPS) is 20.1. The highest BCUT2D eigenvalue weighted by atomic mass is 19.4. The minimum absolute atomic E-state index is 0.00372. The van der Waals surface area contributed by atoms with Crippen molar-refractivity contribution < 1.29 is 18.3 Å². The van der Waals surface area contributed by atoms with Crippen LogP contribution < -0.4 is 5.32 Å². The lowest BCUT2D eigenvalue weighted by atomic mass is 9.93. The van der Waals surface area contributed by atoms with Crippen LogP contribution in [0.2, 0.25) is 0 Å². The molecule has 2 N–H and O–H groups in total. The first-order chi connectivity index (χ1) is 7.50. The number of aliphatic hydroxyl groups excluding tert-OH is 1. The minimum atomic E-state index is -4.30. The average molecular weight is 231 g/mol. The monoisotopic (exact) mass is 231 g/mol. The van der Waals surface area contributed by atoms with Crippen LogP contribution in [0.4, 0.5) is 18.9 Å². The van der Waals surface area contributed by atoms with Crippen LogP contribution in [0.15, 0.2) is 18.2 Å². The number of hydrogen-bond acceptors (Lipinski definition) is 2. The number of nitrogens with one attached hydrogen (secondary N) is 1. The summed E-state index contributed by atoms with van der Waals surface area (Å²) in [4.78, 5) is 0. The Morgan fingerprint density at radius 3 is 2.75 bits per heavy atom. The molecule has 1 aromatic carbocycles. The summed E-state index contributed by atoms with van der Waals surface area (Å²) in [6.07, 6.45) is -3.82. The molecule has 0 spiro atoms. The Balaban J connectivity index is 2.31. The van der Waals surface area contributed by atoms with Crippen LogP contribution in [-0.4, -0.2) is 18.3 Å². The van der Waals surface area contributed by atoms with E-state index in [1.54, 1.807) is 0 Å². The number of benzene rings is 1. The van der Waals surface area contributed by atoms with Crippen molar-refractivity contribution in [1.82, 2.24) is 0 Å². The van der Waals surface area contributed by atoms with E-state index in [-0.39, 0.29) is 12.5 Å². The van der Waals surface area contributed by atoms with Gasteiger partial charge in [0.1, 0.15) is 0 Å². The van der Waals surface area contributed by atoms with Crippen LogP contribution in [0.1, 0.15) is 11.1 Å². The fourth-order valence-electron chi connectivity index (χ4n) is 1.88. The highest BCUT2D eigenvalue weighted by molar-refractivity contribution is 5.55. The van der Waals surface area contributed by atoms with Crippen molar-refractivity contribution in [2.24, 2.45) is 5.92 Å². The molecule has 0 aliphatic carbocycles. The number of rotatable bonds is 1. The maximum absolute atomic E-state index is 12.5. The predicted molar refractivity (Wildman–Crippen MR) is 54.2 cm³/mol. The number of hydrogen-bond donors (Lipinski definition) is 2. The highest BCUT2D eigenvalue weighted by Gasteiger charge is 2.31. The molecule has 88 valence electrons. The third-order valence-electron chi connectivity index (χ3n) is 2.78. The third kappa shape index (κ3) is 2.14. The lowest BCUT2D eigenvalue weighted by Crippen LogP contribution is -2.26. The Kier molecular flexibility index (Phi) is 2.80. The predicted octanol–water partition coefficient (Wildman–Crippen LogP) is 2.28. The molecule has 0 bridgehead atoms. The molecular formula is C11H12F3NO. The minimum Gasteiger partial charge on any atom is -0.396 e. The molecule has 16 heavy (non-hydrogen) atoms. The Hall–Kier alpha value is -1.23. The average Bonchev–Trinajstić information content (AvgIpc) is 2.26. The molecule has 2 rings (SSSR count). The largest absolute Gasteiger partial charge is 0.416 e. The van der Waals surface area contributed by atoms with Crippen LogP contribution in [0, 0.1) is 5.92 Å². The van der Waals surface area contributed by atoms with Crippen molar-refractivity contribution in [2.45, 2.75) is 12.6 Å². The maximum Gasteiger partial charge on any atom is 0.416 e. The summed E-state index contributed by atoms with van der Waals surface area (Å²) in [5, 5.41) is 12.0. The van der Waals surface area contributed by atoms with Gasteiger partial charge < -0.3 is 10.4 Å². The van der Waals surface area contributed by atoms with E-state index >= 15 is 0 Å². The molecule has 1 atom stereocenters. The summed E-state index contributed by atoms with van der Waals surface area (Å²) in [5.41, 5.74) is 0.726. The number of alkyl halides is 3. The SMILES string of the molecule is OC[C@H]1CNc2ccc(C(F)(F)F)cc2C1. The van der Waals surface area contributed by atoms with Crippen molar-refractivity contribution in [3.8, 4) is 0 Å². The van der Waals surface area contributed by atoms with Crippen LogP contribution in [0.25, 0.3) is 0 Å². The zero-order chi connectivity index (χ0) is 11.8. The first-order valence-electron chi connectivity index (χ1n) is 5.05. The smallest absolute Gasteiger partial charge is 0.396 e. The number of anilines is 1. The van der Waals surface area contributed by atoms with Gasteiger partial charge in [-0.1, -0.05) is 0 Å². The Morgan fingerprint density at radius 1 is 1.38 bits per heavy atom. The van der Waals surface area contributed by atoms with Crippen LogP contribution in [0.3, 0.4) is 0 Å². The maximum atomic E-state index is 12.5. The van der Waals surface area contributed by atoms with Gasteiger partial charge in [-0.15, -0.1) is 0 Å². The molecule has 1 aliphatic rings. The van der Waals surface area contributed by atoms with E-state index in [9.17, 15) is 13.2 Å². The molecular weight excluding hydrogens is 219 g/mol. The molecule has 0 fully saturated rings. The summed E-state index contributed by atoms with van der Waals surface area (Å²) in [6, 6.07) is 3.68. The molecule has 0 aromatic heterocycles. The highest BCUT2D eigenvalue weighted by Crippen LogP contribution is 2.33. The Bertz CT molecular complexity index is 389. The van der Waals surface area contributed by atoms with E-state index in [1.165, 1.54) is 6.07 Å². The topological polar surface area (TPSA) is 32.3 Å². The zero-order valence-electron chi connectivity index (χ0n) is 8.51. The first-order valence-corrected chi connectivity index (χ1v) is 5.05. The van der Waals surface area contributed by atoms with Gasteiger partial charge in [0.25, 0.3) is 0 Å². The first kappa shape index (κ1) is 11.3. The van der Waals surface area contributed by atoms with Gasteiger partial charge in [-0.25, -0.2) is 0 Å². The van der Waals surface area contributed by atoms with Crippen molar-refractivity contribution in [1.29, 1.82) is 0 Å². The second-order valence-corrected chi connectivity index (χ2v) is 4.00. The Labute approximate surface area is 91.1 Å². The van der Waals surface area contributed by atoms with Gasteiger partial charge in [0.05, 0.1) is 5.56 Å². The fraction of sp³-hybridized carbons (Fsp3) is 0.455. The molecule has 5 heteroatoms. The molecule has 1 aliphatic heterocycles. The van der Waals surface area contributed by atoms with E-state index in [0.29, 0.717) is 18.5 Å². The fourth-order valence-corrected chi connectivity index (χ4v) is 1.88. The second kappa shape index (κ2) is 3.97. The molecule has 1 heterocycles. The number of halogens is 3. The third-order valence-corrected chi connectivity index (χ3v) is 2.78. The molecule has 1 aromatic rings. The molecule has 0 saturated carbocycles. The summed E-state index contributed by atoms with van der Waals surface area (Å²) in [7, 11) is 0. The van der Waals surface area contributed by atoms with Gasteiger partial charge in [0.15, 0.2) is 0 Å². The van der Waals surface area contributed by atoms with Gasteiger partial charge in [-0.2, -0.15) is 13.2 Å². The van der Waals surface area contributed by atoms with E-state index in [0.717, 1.165) is 17.8 Å².